The molecule has 0 aromatic carbocycles. The Kier molecular flexibility index (Phi) is 6.01. The van der Waals surface area contributed by atoms with Gasteiger partial charge in [-0.1, -0.05) is 6.07 Å². The third-order valence-corrected chi connectivity index (χ3v) is 5.16. The number of carbonyl (C=O) groups excluding carboxylic acids is 1. The predicted octanol–water partition coefficient (Wildman–Crippen LogP) is 1.77. The van der Waals surface area contributed by atoms with Crippen LogP contribution in [-0.4, -0.2) is 44.6 Å². The van der Waals surface area contributed by atoms with Crippen molar-refractivity contribution in [3.63, 3.8) is 0 Å². The Morgan fingerprint density at radius 2 is 2.15 bits per heavy atom. The van der Waals surface area contributed by atoms with Crippen LogP contribution in [-0.2, 0) is 22.6 Å². The average Bonchev–Trinajstić information content (AvgIpc) is 3.17. The van der Waals surface area contributed by atoms with Crippen molar-refractivity contribution >= 4 is 5.91 Å². The van der Waals surface area contributed by atoms with Gasteiger partial charge in [0.2, 0.25) is 5.91 Å². The first-order chi connectivity index (χ1) is 13.0. The molecule has 1 aliphatic heterocycles. The minimum atomic E-state index is -0.390. The number of nitrogens with zero attached hydrogens (tertiary/aromatic N) is 4. The van der Waals surface area contributed by atoms with Crippen LogP contribution in [0.15, 0.2) is 29.2 Å². The van der Waals surface area contributed by atoms with E-state index in [1.54, 1.807) is 18.0 Å². The van der Waals surface area contributed by atoms with Gasteiger partial charge >= 0.3 is 5.69 Å². The van der Waals surface area contributed by atoms with Crippen LogP contribution in [0, 0.1) is 20.8 Å². The van der Waals surface area contributed by atoms with Gasteiger partial charge in [-0.3, -0.25) is 14.3 Å². The molecule has 144 valence electrons. The number of amides is 1. The van der Waals surface area contributed by atoms with Crippen molar-refractivity contribution in [2.75, 3.05) is 13.2 Å². The lowest BCUT2D eigenvalue weighted by molar-refractivity contribution is -0.134. The van der Waals surface area contributed by atoms with E-state index in [0.29, 0.717) is 18.8 Å². The zero-order valence-corrected chi connectivity index (χ0v) is 16.1. The standard InChI is InChI=1S/C20H26N4O3/c1-14-15(2)22-20(26)24(16(14)3)13-19(25)23(12-18-8-6-10-27-18)11-17-7-4-5-9-21-17/h4-5,7,9,18H,6,8,10-13H2,1-3H3. The fourth-order valence-corrected chi connectivity index (χ4v) is 3.29. The topological polar surface area (TPSA) is 77.3 Å². The van der Waals surface area contributed by atoms with Crippen molar-refractivity contribution in [1.29, 1.82) is 0 Å². The summed E-state index contributed by atoms with van der Waals surface area (Å²) in [5.74, 6) is -0.133. The van der Waals surface area contributed by atoms with Crippen LogP contribution in [0.5, 0.6) is 0 Å². The molecular weight excluding hydrogens is 344 g/mol. The van der Waals surface area contributed by atoms with Crippen LogP contribution >= 0.6 is 0 Å². The van der Waals surface area contributed by atoms with Crippen molar-refractivity contribution in [2.24, 2.45) is 0 Å². The van der Waals surface area contributed by atoms with Gasteiger partial charge in [-0.2, -0.15) is 4.98 Å². The van der Waals surface area contributed by atoms with Gasteiger partial charge < -0.3 is 9.64 Å². The molecule has 0 radical (unpaired) electrons. The SMILES string of the molecule is Cc1nc(=O)n(CC(=O)N(Cc2ccccn2)CC2CCCO2)c(C)c1C. The molecule has 3 heterocycles. The van der Waals surface area contributed by atoms with Crippen LogP contribution in [0.2, 0.25) is 0 Å². The summed E-state index contributed by atoms with van der Waals surface area (Å²) in [5, 5.41) is 0. The fraction of sp³-hybridized carbons (Fsp3) is 0.500. The lowest BCUT2D eigenvalue weighted by atomic mass is 10.2. The summed E-state index contributed by atoms with van der Waals surface area (Å²) in [7, 11) is 0. The normalized spacial score (nSPS) is 16.5. The average molecular weight is 370 g/mol. The highest BCUT2D eigenvalue weighted by molar-refractivity contribution is 5.76. The van der Waals surface area contributed by atoms with Gasteiger partial charge in [0.1, 0.15) is 6.54 Å². The van der Waals surface area contributed by atoms with Crippen molar-refractivity contribution in [2.45, 2.75) is 52.8 Å². The Labute approximate surface area is 159 Å². The summed E-state index contributed by atoms with van der Waals surface area (Å²) in [6.45, 7) is 7.17. The molecule has 1 atom stereocenters. The molecule has 1 saturated heterocycles. The summed E-state index contributed by atoms with van der Waals surface area (Å²) < 4.78 is 7.16. The van der Waals surface area contributed by atoms with Crippen LogP contribution < -0.4 is 5.69 Å². The Morgan fingerprint density at radius 3 is 2.81 bits per heavy atom. The number of aryl methyl sites for hydroxylation is 1. The highest BCUT2D eigenvalue weighted by Crippen LogP contribution is 2.15. The first-order valence-corrected chi connectivity index (χ1v) is 9.29. The van der Waals surface area contributed by atoms with Crippen molar-refractivity contribution in [3.8, 4) is 0 Å². The van der Waals surface area contributed by atoms with Gasteiger partial charge in [-0.15, -0.1) is 0 Å². The molecule has 27 heavy (non-hydrogen) atoms. The maximum atomic E-state index is 13.1. The number of hydrogen-bond acceptors (Lipinski definition) is 5. The monoisotopic (exact) mass is 370 g/mol. The largest absolute Gasteiger partial charge is 0.376 e. The zero-order chi connectivity index (χ0) is 19.4. The van der Waals surface area contributed by atoms with E-state index >= 15 is 0 Å². The Hall–Kier alpha value is -2.54. The third-order valence-electron chi connectivity index (χ3n) is 5.16. The molecule has 7 nitrogen and oxygen atoms in total. The second-order valence-electron chi connectivity index (χ2n) is 7.01. The van der Waals surface area contributed by atoms with E-state index in [9.17, 15) is 9.59 Å². The van der Waals surface area contributed by atoms with E-state index in [1.807, 2.05) is 32.0 Å². The molecule has 3 rings (SSSR count). The van der Waals surface area contributed by atoms with Crippen molar-refractivity contribution < 1.29 is 9.53 Å². The molecule has 0 saturated carbocycles. The Bertz CT molecular complexity index is 858. The summed E-state index contributed by atoms with van der Waals surface area (Å²) in [5.41, 5.74) is 2.82. The second kappa shape index (κ2) is 8.43. The highest BCUT2D eigenvalue weighted by Gasteiger charge is 2.24. The third kappa shape index (κ3) is 4.60. The van der Waals surface area contributed by atoms with Gasteiger partial charge in [-0.05, 0) is 51.3 Å². The fourth-order valence-electron chi connectivity index (χ4n) is 3.29. The number of aromatic nitrogens is 3. The summed E-state index contributed by atoms with van der Waals surface area (Å²) in [6.07, 6.45) is 3.70. The van der Waals surface area contributed by atoms with Crippen molar-refractivity contribution in [3.05, 3.63) is 57.5 Å². The van der Waals surface area contributed by atoms with E-state index in [1.165, 1.54) is 4.57 Å². The first kappa shape index (κ1) is 19.2. The van der Waals surface area contributed by atoms with Crippen LogP contribution in [0.1, 0.15) is 35.5 Å². The molecule has 0 spiro atoms. The molecule has 2 aromatic rings. The quantitative estimate of drug-likeness (QED) is 0.774. The lowest BCUT2D eigenvalue weighted by Gasteiger charge is -2.26. The Balaban J connectivity index is 1.82. The molecule has 2 aromatic heterocycles. The van der Waals surface area contributed by atoms with Gasteiger partial charge in [-0.25, -0.2) is 4.79 Å². The van der Waals surface area contributed by atoms with E-state index in [-0.39, 0.29) is 24.2 Å². The van der Waals surface area contributed by atoms with Gasteiger partial charge in [0, 0.05) is 30.7 Å². The summed E-state index contributed by atoms with van der Waals surface area (Å²) >= 11 is 0. The molecule has 1 unspecified atom stereocenters. The van der Waals surface area contributed by atoms with Gasteiger partial charge in [0.15, 0.2) is 0 Å². The number of pyridine rings is 1. The smallest absolute Gasteiger partial charge is 0.348 e. The predicted molar refractivity (Wildman–Crippen MR) is 101 cm³/mol. The van der Waals surface area contributed by atoms with Crippen LogP contribution in [0.4, 0.5) is 0 Å². The van der Waals surface area contributed by atoms with E-state index in [2.05, 4.69) is 9.97 Å². The van der Waals surface area contributed by atoms with Crippen LogP contribution in [0.25, 0.3) is 0 Å². The number of carbonyl (C=O) groups is 1. The molecular formula is C20H26N4O3. The van der Waals surface area contributed by atoms with Crippen LogP contribution in [0.3, 0.4) is 0 Å². The minimum Gasteiger partial charge on any atom is -0.376 e. The molecule has 0 bridgehead atoms. The maximum Gasteiger partial charge on any atom is 0.348 e. The number of rotatable bonds is 6. The molecule has 7 heteroatoms. The summed E-state index contributed by atoms with van der Waals surface area (Å²) in [4.78, 5) is 35.5. The highest BCUT2D eigenvalue weighted by atomic mass is 16.5. The van der Waals surface area contributed by atoms with Gasteiger partial charge in [0.05, 0.1) is 18.3 Å². The zero-order valence-electron chi connectivity index (χ0n) is 16.1. The Morgan fingerprint density at radius 1 is 1.33 bits per heavy atom. The molecule has 0 aliphatic carbocycles. The summed E-state index contributed by atoms with van der Waals surface area (Å²) in [6, 6.07) is 5.64. The lowest BCUT2D eigenvalue weighted by Crippen LogP contribution is -2.41. The van der Waals surface area contributed by atoms with Gasteiger partial charge in [0.25, 0.3) is 0 Å². The van der Waals surface area contributed by atoms with Crippen molar-refractivity contribution in [1.82, 2.24) is 19.4 Å². The minimum absolute atomic E-state index is 0.0294. The molecule has 1 fully saturated rings. The van der Waals surface area contributed by atoms with E-state index in [4.69, 9.17) is 4.74 Å². The maximum absolute atomic E-state index is 13.1. The molecule has 0 N–H and O–H groups in total. The second-order valence-corrected chi connectivity index (χ2v) is 7.01. The molecule has 1 aliphatic rings. The first-order valence-electron chi connectivity index (χ1n) is 9.29. The van der Waals surface area contributed by atoms with E-state index in [0.717, 1.165) is 36.4 Å². The number of ether oxygens (including phenoxy) is 1. The van der Waals surface area contributed by atoms with E-state index < -0.39 is 0 Å². The number of hydrogen-bond donors (Lipinski definition) is 0. The molecule has 1 amide bonds.